The number of rotatable bonds is 4. The van der Waals surface area contributed by atoms with E-state index in [2.05, 4.69) is 25.5 Å². The monoisotopic (exact) mass is 550 g/mol. The van der Waals surface area contributed by atoms with E-state index in [-0.39, 0.29) is 30.3 Å². The molecule has 1 aliphatic heterocycles. The Bertz CT molecular complexity index is 652. The Morgan fingerprint density at radius 2 is 2.08 bits per heavy atom. The first-order valence-electron chi connectivity index (χ1n) is 7.94. The predicted octanol–water partition coefficient (Wildman–Crippen LogP) is -0.585. The molecule has 5 N–H and O–H groups in total. The van der Waals surface area contributed by atoms with Gasteiger partial charge in [0, 0.05) is 6.42 Å². The number of imide groups is 1. The topological polar surface area (TPSA) is 130 Å². The summed E-state index contributed by atoms with van der Waals surface area (Å²) in [5.41, 5.74) is 8.42. The normalized spacial score (nSPS) is 15.5. The van der Waals surface area contributed by atoms with E-state index in [1.165, 1.54) is 5.56 Å². The third-order valence-electron chi connectivity index (χ3n) is 3.64. The predicted molar refractivity (Wildman–Crippen MR) is 96.4 cm³/mol. The maximum atomic E-state index is 11.1. The van der Waals surface area contributed by atoms with Crippen molar-refractivity contribution in [2.45, 2.75) is 25.8 Å². The van der Waals surface area contributed by atoms with E-state index in [1.54, 1.807) is 7.05 Å². The summed E-state index contributed by atoms with van der Waals surface area (Å²) >= 11 is 0.627. The average molecular weight is 549 g/mol. The molecule has 9 heteroatoms. The third kappa shape index (κ3) is 8.07. The van der Waals surface area contributed by atoms with E-state index < -0.39 is 0 Å². The number of hydrogen-bond donors (Lipinski definition) is 4. The van der Waals surface area contributed by atoms with Crippen molar-refractivity contribution in [2.75, 3.05) is 18.9 Å². The van der Waals surface area contributed by atoms with E-state index in [0.717, 1.165) is 11.3 Å². The zero-order valence-corrected chi connectivity index (χ0v) is 20.6. The van der Waals surface area contributed by atoms with Gasteiger partial charge < -0.3 is 10.1 Å². The molecular weight excluding hydrogens is 525 g/mol. The van der Waals surface area contributed by atoms with Crippen LogP contribution in [0.1, 0.15) is 24.0 Å². The molecule has 0 aromatic heterocycles. The number of anilines is 1. The zero-order chi connectivity index (χ0) is 20.1. The molecule has 1 aromatic rings. The summed E-state index contributed by atoms with van der Waals surface area (Å²) in [4.78, 5) is 40.5. The van der Waals surface area contributed by atoms with Gasteiger partial charge in [-0.2, -0.15) is 0 Å². The van der Waals surface area contributed by atoms with Crippen LogP contribution in [0, 0.1) is 6.92 Å². The fourth-order valence-corrected chi connectivity index (χ4v) is 3.90. The van der Waals surface area contributed by atoms with Crippen molar-refractivity contribution in [3.8, 4) is 0 Å². The second-order valence-electron chi connectivity index (χ2n) is 5.27. The molecule has 1 fully saturated rings. The number of carbonyl (C=O) groups is 4. The van der Waals surface area contributed by atoms with Gasteiger partial charge in [0.1, 0.15) is 6.79 Å². The Morgan fingerprint density at radius 3 is 2.58 bits per heavy atom. The van der Waals surface area contributed by atoms with E-state index >= 15 is 0 Å². The SMILES string of the molecule is C=O.CNC1CCC(=O)NC1=O.Cc1c([CH]=[Hg])cccc1NC(=O)CN. The van der Waals surface area contributed by atoms with Gasteiger partial charge >= 0.3 is 99.4 Å². The minimum absolute atomic E-state index is 0.0256. The summed E-state index contributed by atoms with van der Waals surface area (Å²) in [6, 6.07) is 5.71. The maximum absolute atomic E-state index is 11.1. The van der Waals surface area contributed by atoms with Gasteiger partial charge in [0.15, 0.2) is 0 Å². The molecule has 1 aliphatic rings. The van der Waals surface area contributed by atoms with Gasteiger partial charge in [-0.05, 0) is 13.5 Å². The van der Waals surface area contributed by atoms with Crippen LogP contribution in [0.15, 0.2) is 18.2 Å². The molecule has 26 heavy (non-hydrogen) atoms. The molecule has 1 atom stereocenters. The Labute approximate surface area is 168 Å². The van der Waals surface area contributed by atoms with Crippen molar-refractivity contribution in [2.24, 2.45) is 5.73 Å². The van der Waals surface area contributed by atoms with Crippen LogP contribution in [0.2, 0.25) is 0 Å². The van der Waals surface area contributed by atoms with E-state index in [9.17, 15) is 14.4 Å². The number of amides is 3. The molecule has 1 aromatic carbocycles. The first-order chi connectivity index (χ1) is 12.4. The van der Waals surface area contributed by atoms with Crippen LogP contribution in [-0.4, -0.2) is 47.7 Å². The molecule has 1 saturated heterocycles. The zero-order valence-electron chi connectivity index (χ0n) is 15.1. The molecular formula is C17H24HgN4O4. The number of hydrogen-bond acceptors (Lipinski definition) is 6. The Kier molecular flexibility index (Phi) is 12.5. The second-order valence-corrected chi connectivity index (χ2v) is 6.86. The minimum atomic E-state index is -0.209. The summed E-state index contributed by atoms with van der Waals surface area (Å²) in [5.74, 6) is -0.529. The summed E-state index contributed by atoms with van der Waals surface area (Å²) < 4.78 is 2.20. The first-order valence-corrected chi connectivity index (χ1v) is 11.1. The van der Waals surface area contributed by atoms with Gasteiger partial charge in [0.25, 0.3) is 0 Å². The van der Waals surface area contributed by atoms with Crippen LogP contribution in [0.4, 0.5) is 5.69 Å². The van der Waals surface area contributed by atoms with Gasteiger partial charge in [-0.15, -0.1) is 0 Å². The van der Waals surface area contributed by atoms with Crippen LogP contribution >= 0.6 is 0 Å². The van der Waals surface area contributed by atoms with Gasteiger partial charge in [0.2, 0.25) is 11.8 Å². The molecule has 0 saturated carbocycles. The second kappa shape index (κ2) is 13.4. The summed E-state index contributed by atoms with van der Waals surface area (Å²) in [7, 11) is 1.71. The average Bonchev–Trinajstić information content (AvgIpc) is 2.65. The molecule has 138 valence electrons. The standard InChI is InChI=1S/C10H12N2O.C6H10N2O2.CH2O.Hg/c1-7-4-3-5-9(8(7)2)12-10(13)6-11;1-7-4-2-3-5(9)8-6(4)10;1-2;/h1,3-5H,6,11H2,2H3,(H,12,13);4,7H,2-3H2,1H3,(H,8,9,10);1H2;. The Hall–Kier alpha value is -1.77. The number of nitrogens with one attached hydrogen (secondary N) is 3. The quantitative estimate of drug-likeness (QED) is 0.294. The van der Waals surface area contributed by atoms with Crippen molar-refractivity contribution in [1.29, 1.82) is 0 Å². The fourth-order valence-electron chi connectivity index (χ4n) is 2.18. The number of benzene rings is 1. The Balaban J connectivity index is 0.000000458. The fraction of sp³-hybridized carbons (Fsp3) is 0.353. The molecule has 8 nitrogen and oxygen atoms in total. The molecule has 2 rings (SSSR count). The van der Waals surface area contributed by atoms with Crippen LogP contribution < -0.4 is 21.7 Å². The molecule has 0 bridgehead atoms. The van der Waals surface area contributed by atoms with Crippen LogP contribution in [0.3, 0.4) is 0 Å². The van der Waals surface area contributed by atoms with Crippen LogP contribution in [0.25, 0.3) is 0 Å². The number of piperidine rings is 1. The van der Waals surface area contributed by atoms with Gasteiger partial charge in [-0.1, -0.05) is 0 Å². The number of nitrogens with two attached hydrogens (primary N) is 1. The number of carbonyl (C=O) groups excluding carboxylic acids is 4. The van der Waals surface area contributed by atoms with Gasteiger partial charge in [-0.25, -0.2) is 0 Å². The first kappa shape index (κ1) is 24.2. The molecule has 0 spiro atoms. The molecule has 1 heterocycles. The van der Waals surface area contributed by atoms with E-state index in [4.69, 9.17) is 10.5 Å². The molecule has 3 amide bonds. The van der Waals surface area contributed by atoms with Crippen molar-refractivity contribution in [3.05, 3.63) is 29.3 Å². The van der Waals surface area contributed by atoms with Crippen molar-refractivity contribution in [3.63, 3.8) is 0 Å². The van der Waals surface area contributed by atoms with Crippen molar-refractivity contribution in [1.82, 2.24) is 10.6 Å². The summed E-state index contributed by atoms with van der Waals surface area (Å²) in [6.45, 7) is 4.03. The van der Waals surface area contributed by atoms with Crippen LogP contribution in [-0.2, 0) is 44.8 Å². The molecule has 0 aliphatic carbocycles. The summed E-state index contributed by atoms with van der Waals surface area (Å²) in [5, 5.41) is 7.82. The molecule has 1 unspecified atom stereocenters. The van der Waals surface area contributed by atoms with Crippen molar-refractivity contribution >= 4 is 33.7 Å². The van der Waals surface area contributed by atoms with Gasteiger partial charge in [-0.3, -0.25) is 14.9 Å². The van der Waals surface area contributed by atoms with Crippen LogP contribution in [0.5, 0.6) is 0 Å². The Morgan fingerprint density at radius 1 is 1.42 bits per heavy atom. The van der Waals surface area contributed by atoms with E-state index in [1.807, 2.05) is 25.8 Å². The van der Waals surface area contributed by atoms with Crippen molar-refractivity contribution < 1.29 is 44.8 Å². The van der Waals surface area contributed by atoms with E-state index in [0.29, 0.717) is 38.5 Å². The van der Waals surface area contributed by atoms with Gasteiger partial charge in [0.05, 0.1) is 6.04 Å². The third-order valence-corrected chi connectivity index (χ3v) is 5.35. The number of likely N-dealkylation sites (N-methyl/N-ethyl adjacent to an activating group) is 1. The summed E-state index contributed by atoms with van der Waals surface area (Å²) in [6.07, 6.45) is 1.05. The molecule has 0 radical (unpaired) electrons.